The molecule has 0 radical (unpaired) electrons. The van der Waals surface area contributed by atoms with Gasteiger partial charge in [0.25, 0.3) is 5.91 Å². The van der Waals surface area contributed by atoms with Gasteiger partial charge in [-0.3, -0.25) is 10.1 Å². The van der Waals surface area contributed by atoms with Gasteiger partial charge in [0.15, 0.2) is 11.7 Å². The summed E-state index contributed by atoms with van der Waals surface area (Å²) in [6.07, 6.45) is 0. The van der Waals surface area contributed by atoms with Crippen LogP contribution < -0.4 is 15.4 Å². The predicted molar refractivity (Wildman–Crippen MR) is 137 cm³/mol. The van der Waals surface area contributed by atoms with Gasteiger partial charge in [0.1, 0.15) is 5.75 Å². The molecule has 0 aliphatic carbocycles. The molecule has 9 heteroatoms. The molecular weight excluding hydrogens is 470 g/mol. The third kappa shape index (κ3) is 6.86. The predicted octanol–water partition coefficient (Wildman–Crippen LogP) is 4.02. The lowest BCUT2D eigenvalue weighted by atomic mass is 10.1. The summed E-state index contributed by atoms with van der Waals surface area (Å²) in [5.41, 5.74) is 3.42. The maximum absolute atomic E-state index is 12.9. The summed E-state index contributed by atoms with van der Waals surface area (Å²) >= 11 is 5.19. The van der Waals surface area contributed by atoms with Crippen LogP contribution in [-0.2, 0) is 21.4 Å². The Labute approximate surface area is 205 Å². The van der Waals surface area contributed by atoms with E-state index in [-0.39, 0.29) is 23.2 Å². The number of thiocarbonyl (C=S) groups is 1. The van der Waals surface area contributed by atoms with Crippen LogP contribution in [0.4, 0.5) is 5.69 Å². The van der Waals surface area contributed by atoms with Gasteiger partial charge in [-0.25, -0.2) is 8.42 Å². The number of hydrogen-bond donors (Lipinski definition) is 2. The number of carbonyl (C=O) groups excluding carboxylic acids is 1. The molecular formula is C25H27N3O4S2. The van der Waals surface area contributed by atoms with Crippen molar-refractivity contribution in [2.45, 2.75) is 25.3 Å². The molecule has 0 saturated carbocycles. The van der Waals surface area contributed by atoms with Gasteiger partial charge in [0.05, 0.1) is 4.90 Å². The monoisotopic (exact) mass is 497 g/mol. The number of amides is 1. The average Bonchev–Trinajstić information content (AvgIpc) is 2.80. The lowest BCUT2D eigenvalue weighted by Gasteiger charge is -2.18. The number of sulfonamides is 1. The standard InChI is InChI=1S/C25H27N3O4S2/c1-18-9-10-19(2)23(15-18)32-17-24(29)27-25(33)26-21-11-13-22(14-12-21)34(30,31)28(3)16-20-7-5-4-6-8-20/h4-15H,16-17H2,1-3H3,(H2,26,27,29,33). The molecule has 3 aromatic carbocycles. The molecule has 2 N–H and O–H groups in total. The minimum Gasteiger partial charge on any atom is -0.483 e. The number of carbonyl (C=O) groups is 1. The Bertz CT molecular complexity index is 1260. The third-order valence-corrected chi connectivity index (χ3v) is 7.05. The van der Waals surface area contributed by atoms with Gasteiger partial charge < -0.3 is 10.1 Å². The van der Waals surface area contributed by atoms with E-state index in [1.54, 1.807) is 19.2 Å². The van der Waals surface area contributed by atoms with Crippen molar-refractivity contribution in [2.75, 3.05) is 19.0 Å². The van der Waals surface area contributed by atoms with Crippen molar-refractivity contribution in [2.24, 2.45) is 0 Å². The number of hydrogen-bond acceptors (Lipinski definition) is 5. The largest absolute Gasteiger partial charge is 0.483 e. The Morgan fingerprint density at radius 3 is 2.35 bits per heavy atom. The SMILES string of the molecule is Cc1ccc(C)c(OCC(=O)NC(=S)Nc2ccc(S(=O)(=O)N(C)Cc3ccccc3)cc2)c1. The van der Waals surface area contributed by atoms with Crippen LogP contribution >= 0.6 is 12.2 Å². The lowest BCUT2D eigenvalue weighted by molar-refractivity contribution is -0.121. The normalized spacial score (nSPS) is 11.2. The average molecular weight is 498 g/mol. The highest BCUT2D eigenvalue weighted by molar-refractivity contribution is 7.89. The number of aryl methyl sites for hydroxylation is 2. The molecule has 0 spiro atoms. The van der Waals surface area contributed by atoms with Crippen LogP contribution in [0.2, 0.25) is 0 Å². The molecule has 0 saturated heterocycles. The number of rotatable bonds is 8. The van der Waals surface area contributed by atoms with E-state index < -0.39 is 15.9 Å². The van der Waals surface area contributed by atoms with Crippen LogP contribution in [0.25, 0.3) is 0 Å². The van der Waals surface area contributed by atoms with Crippen LogP contribution in [0.1, 0.15) is 16.7 Å². The second-order valence-electron chi connectivity index (χ2n) is 7.83. The molecule has 0 atom stereocenters. The summed E-state index contributed by atoms with van der Waals surface area (Å²) in [7, 11) is -2.11. The molecule has 0 aromatic heterocycles. The molecule has 0 bridgehead atoms. The van der Waals surface area contributed by atoms with Gasteiger partial charge in [-0.1, -0.05) is 42.5 Å². The molecule has 178 valence electrons. The first-order chi connectivity index (χ1) is 16.1. The van der Waals surface area contributed by atoms with Crippen molar-refractivity contribution >= 4 is 38.9 Å². The van der Waals surface area contributed by atoms with Crippen LogP contribution in [0, 0.1) is 13.8 Å². The van der Waals surface area contributed by atoms with E-state index in [2.05, 4.69) is 10.6 Å². The molecule has 3 aromatic rings. The maximum atomic E-state index is 12.9. The summed E-state index contributed by atoms with van der Waals surface area (Å²) in [6.45, 7) is 3.94. The fourth-order valence-corrected chi connectivity index (χ4v) is 4.54. The van der Waals surface area contributed by atoms with Crippen molar-refractivity contribution in [3.05, 3.63) is 89.5 Å². The Hall–Kier alpha value is -3.27. The zero-order valence-corrected chi connectivity index (χ0v) is 20.9. The van der Waals surface area contributed by atoms with E-state index in [1.807, 2.05) is 62.4 Å². The smallest absolute Gasteiger partial charge is 0.264 e. The third-order valence-electron chi connectivity index (χ3n) is 5.02. The summed E-state index contributed by atoms with van der Waals surface area (Å²) in [6, 6.07) is 21.3. The van der Waals surface area contributed by atoms with Gasteiger partial charge in [-0.05, 0) is 73.1 Å². The number of nitrogens with zero attached hydrogens (tertiary/aromatic N) is 1. The van der Waals surface area contributed by atoms with Crippen molar-refractivity contribution in [1.29, 1.82) is 0 Å². The highest BCUT2D eigenvalue weighted by Gasteiger charge is 2.21. The van der Waals surface area contributed by atoms with E-state index >= 15 is 0 Å². The second kappa shape index (κ2) is 11.2. The van der Waals surface area contributed by atoms with Crippen molar-refractivity contribution < 1.29 is 17.9 Å². The Morgan fingerprint density at radius 2 is 1.68 bits per heavy atom. The van der Waals surface area contributed by atoms with Gasteiger partial charge in [0.2, 0.25) is 10.0 Å². The quantitative estimate of drug-likeness (QED) is 0.457. The van der Waals surface area contributed by atoms with Crippen LogP contribution in [-0.4, -0.2) is 37.4 Å². The minimum atomic E-state index is -3.66. The molecule has 0 aliphatic rings. The Kier molecular flexibility index (Phi) is 8.38. The molecule has 3 rings (SSSR count). The second-order valence-corrected chi connectivity index (χ2v) is 10.3. The van der Waals surface area contributed by atoms with E-state index in [0.29, 0.717) is 11.4 Å². The van der Waals surface area contributed by atoms with Crippen molar-refractivity contribution in [1.82, 2.24) is 9.62 Å². The highest BCUT2D eigenvalue weighted by Crippen LogP contribution is 2.20. The van der Waals surface area contributed by atoms with Crippen molar-refractivity contribution in [3.63, 3.8) is 0 Å². The van der Waals surface area contributed by atoms with Crippen LogP contribution in [0.3, 0.4) is 0 Å². The summed E-state index contributed by atoms with van der Waals surface area (Å²) in [5.74, 6) is 0.239. The van der Waals surface area contributed by atoms with Crippen molar-refractivity contribution in [3.8, 4) is 5.75 Å². The van der Waals surface area contributed by atoms with Gasteiger partial charge >= 0.3 is 0 Å². The molecule has 1 amide bonds. The van der Waals surface area contributed by atoms with Crippen LogP contribution in [0.5, 0.6) is 5.75 Å². The Balaban J connectivity index is 1.53. The Morgan fingerprint density at radius 1 is 1.00 bits per heavy atom. The zero-order valence-electron chi connectivity index (χ0n) is 19.2. The van der Waals surface area contributed by atoms with Gasteiger partial charge in [-0.2, -0.15) is 4.31 Å². The first-order valence-electron chi connectivity index (χ1n) is 10.6. The number of benzene rings is 3. The molecule has 0 fully saturated rings. The minimum absolute atomic E-state index is 0.0892. The molecule has 34 heavy (non-hydrogen) atoms. The number of ether oxygens (including phenoxy) is 1. The van der Waals surface area contributed by atoms with E-state index in [4.69, 9.17) is 17.0 Å². The maximum Gasteiger partial charge on any atom is 0.264 e. The molecule has 0 unspecified atom stereocenters. The number of nitrogens with one attached hydrogen (secondary N) is 2. The van der Waals surface area contributed by atoms with Crippen LogP contribution in [0.15, 0.2) is 77.7 Å². The fourth-order valence-electron chi connectivity index (χ4n) is 3.15. The van der Waals surface area contributed by atoms with Gasteiger partial charge in [0, 0.05) is 19.3 Å². The van der Waals surface area contributed by atoms with E-state index in [0.717, 1.165) is 16.7 Å². The summed E-state index contributed by atoms with van der Waals surface area (Å²) in [4.78, 5) is 12.3. The fraction of sp³-hybridized carbons (Fsp3) is 0.200. The van der Waals surface area contributed by atoms with E-state index in [9.17, 15) is 13.2 Å². The topological polar surface area (TPSA) is 87.7 Å². The molecule has 0 aliphatic heterocycles. The number of anilines is 1. The highest BCUT2D eigenvalue weighted by atomic mass is 32.2. The summed E-state index contributed by atoms with van der Waals surface area (Å²) < 4.78 is 32.6. The summed E-state index contributed by atoms with van der Waals surface area (Å²) in [5, 5.41) is 5.52. The van der Waals surface area contributed by atoms with E-state index in [1.165, 1.54) is 16.4 Å². The first-order valence-corrected chi connectivity index (χ1v) is 12.4. The molecule has 0 heterocycles. The zero-order chi connectivity index (χ0) is 24.7. The lowest BCUT2D eigenvalue weighted by Crippen LogP contribution is -2.37. The first kappa shape index (κ1) is 25.4. The molecule has 7 nitrogen and oxygen atoms in total. The van der Waals surface area contributed by atoms with Gasteiger partial charge in [-0.15, -0.1) is 0 Å².